The molecule has 0 bridgehead atoms. The lowest BCUT2D eigenvalue weighted by molar-refractivity contribution is -0.736. The first kappa shape index (κ1) is 18.8. The largest absolute Gasteiger partial charge is 0.495 e. The molecule has 0 radical (unpaired) electrons. The first-order valence-electron chi connectivity index (χ1n) is 7.62. The quantitative estimate of drug-likeness (QED) is 0.576. The number of anilines is 2. The van der Waals surface area contributed by atoms with Gasteiger partial charge in [0.05, 0.1) is 41.5 Å². The summed E-state index contributed by atoms with van der Waals surface area (Å²) in [6.45, 7) is 0. The van der Waals surface area contributed by atoms with Crippen molar-refractivity contribution in [1.29, 1.82) is 0 Å². The Morgan fingerprint density at radius 1 is 1.07 bits per heavy atom. The minimum atomic E-state index is -0.646. The number of rotatable bonds is 6. The summed E-state index contributed by atoms with van der Waals surface area (Å²) in [5.74, 6) is 0.0909. The van der Waals surface area contributed by atoms with Crippen molar-refractivity contribution < 1.29 is 23.6 Å². The van der Waals surface area contributed by atoms with Crippen molar-refractivity contribution in [2.75, 3.05) is 26.6 Å². The summed E-state index contributed by atoms with van der Waals surface area (Å²) in [5.41, 5.74) is 0.890. The maximum Gasteiger partial charge on any atom is 0.358 e. The molecule has 0 amide bonds. The van der Waals surface area contributed by atoms with Crippen LogP contribution in [0.15, 0.2) is 35.2 Å². The van der Waals surface area contributed by atoms with Gasteiger partial charge in [-0.25, -0.2) is 14.2 Å². The summed E-state index contributed by atoms with van der Waals surface area (Å²) in [6.07, 6.45) is 3.72. The summed E-state index contributed by atoms with van der Waals surface area (Å²) in [5, 5.41) is 3.46. The number of hydrogen-bond donors (Lipinski definition) is 1. The number of nitrogens with zero attached hydrogens (tertiary/aromatic N) is 3. The highest BCUT2D eigenvalue weighted by Gasteiger charge is 2.26. The van der Waals surface area contributed by atoms with Crippen LogP contribution >= 0.6 is 15.9 Å². The summed E-state index contributed by atoms with van der Waals surface area (Å²) in [4.78, 5) is 25.2. The van der Waals surface area contributed by atoms with E-state index in [0.29, 0.717) is 21.1 Å². The van der Waals surface area contributed by atoms with E-state index >= 15 is 0 Å². The van der Waals surface area contributed by atoms with E-state index in [4.69, 9.17) is 14.3 Å². The van der Waals surface area contributed by atoms with Crippen LogP contribution in [-0.4, -0.2) is 36.2 Å². The molecule has 0 atom stereocenters. The smallest absolute Gasteiger partial charge is 0.358 e. The van der Waals surface area contributed by atoms with Crippen molar-refractivity contribution in [2.24, 2.45) is 0 Å². The van der Waals surface area contributed by atoms with Crippen LogP contribution in [0.3, 0.4) is 0 Å². The molecule has 8 nitrogen and oxygen atoms in total. The predicted octanol–water partition coefficient (Wildman–Crippen LogP) is 4.26. The van der Waals surface area contributed by atoms with Crippen molar-refractivity contribution in [2.45, 2.75) is 0 Å². The molecular formula is C17H15BrFN4O4+. The van der Waals surface area contributed by atoms with Crippen molar-refractivity contribution in [1.82, 2.24) is 9.97 Å². The second kappa shape index (κ2) is 7.70. The van der Waals surface area contributed by atoms with Gasteiger partial charge < -0.3 is 14.8 Å². The molecular weight excluding hydrogens is 423 g/mol. The fourth-order valence-corrected chi connectivity index (χ4v) is 3.03. The normalized spacial score (nSPS) is 10.6. The molecule has 3 rings (SSSR count). The Morgan fingerprint density at radius 2 is 1.81 bits per heavy atom. The summed E-state index contributed by atoms with van der Waals surface area (Å²) in [6, 6.07) is 3.40. The minimum Gasteiger partial charge on any atom is -0.495 e. The SMILES string of the molecule is COc1cc2ncc([N+](=O)OC)c(Nc3c(F)cncc3OC)c2cc1Br. The Hall–Kier alpha value is -3.01. The lowest BCUT2D eigenvalue weighted by Gasteiger charge is -2.14. The molecule has 0 saturated heterocycles. The van der Waals surface area contributed by atoms with Crippen LogP contribution in [0.5, 0.6) is 11.5 Å². The molecule has 1 aromatic carbocycles. The highest BCUT2D eigenvalue weighted by atomic mass is 79.9. The molecule has 0 aliphatic rings. The molecule has 0 fully saturated rings. The number of halogens is 2. The van der Waals surface area contributed by atoms with Gasteiger partial charge in [-0.05, 0) is 22.0 Å². The molecule has 2 heterocycles. The second-order valence-corrected chi connectivity index (χ2v) is 6.14. The molecule has 140 valence electrons. The van der Waals surface area contributed by atoms with Crippen LogP contribution in [-0.2, 0) is 4.84 Å². The Bertz CT molecular complexity index is 1030. The average molecular weight is 438 g/mol. The van der Waals surface area contributed by atoms with Gasteiger partial charge in [0.15, 0.2) is 18.7 Å². The fourth-order valence-electron chi connectivity index (χ4n) is 2.53. The van der Waals surface area contributed by atoms with E-state index in [9.17, 15) is 9.30 Å². The van der Waals surface area contributed by atoms with E-state index in [1.165, 1.54) is 33.7 Å². The van der Waals surface area contributed by atoms with Gasteiger partial charge in [0.25, 0.3) is 4.92 Å². The maximum atomic E-state index is 14.4. The Balaban J connectivity index is 2.28. The van der Waals surface area contributed by atoms with Crippen molar-refractivity contribution in [3.63, 3.8) is 0 Å². The zero-order chi connectivity index (χ0) is 19.6. The topological polar surface area (TPSA) is 85.6 Å². The van der Waals surface area contributed by atoms with Crippen LogP contribution in [0.1, 0.15) is 0 Å². The lowest BCUT2D eigenvalue weighted by Crippen LogP contribution is -2.06. The third-order valence-corrected chi connectivity index (χ3v) is 4.44. The molecule has 0 aliphatic heterocycles. The van der Waals surface area contributed by atoms with Gasteiger partial charge in [-0.15, -0.1) is 0 Å². The summed E-state index contributed by atoms with van der Waals surface area (Å²) >= 11 is 3.41. The lowest BCUT2D eigenvalue weighted by atomic mass is 10.1. The van der Waals surface area contributed by atoms with Gasteiger partial charge in [-0.1, -0.05) is 0 Å². The molecule has 0 spiro atoms. The zero-order valence-electron chi connectivity index (χ0n) is 14.6. The number of aromatic nitrogens is 2. The molecule has 0 aliphatic carbocycles. The first-order valence-corrected chi connectivity index (χ1v) is 8.41. The molecule has 10 heteroatoms. The van der Waals surface area contributed by atoms with Gasteiger partial charge in [-0.2, -0.15) is 0 Å². The van der Waals surface area contributed by atoms with Gasteiger partial charge in [0.1, 0.15) is 23.3 Å². The Morgan fingerprint density at radius 3 is 2.48 bits per heavy atom. The van der Waals surface area contributed by atoms with E-state index < -0.39 is 5.82 Å². The molecule has 1 N–H and O–H groups in total. The fraction of sp³-hybridized carbons (Fsp3) is 0.176. The van der Waals surface area contributed by atoms with Crippen molar-refractivity contribution in [3.8, 4) is 11.5 Å². The summed E-state index contributed by atoms with van der Waals surface area (Å²) < 4.78 is 25.4. The monoisotopic (exact) mass is 437 g/mol. The van der Waals surface area contributed by atoms with Crippen LogP contribution in [0.2, 0.25) is 0 Å². The predicted molar refractivity (Wildman–Crippen MR) is 100 cm³/mol. The molecule has 0 unspecified atom stereocenters. The van der Waals surface area contributed by atoms with Gasteiger partial charge >= 0.3 is 5.69 Å². The third kappa shape index (κ3) is 3.47. The van der Waals surface area contributed by atoms with Crippen LogP contribution in [0.25, 0.3) is 10.9 Å². The third-order valence-electron chi connectivity index (χ3n) is 3.82. The number of hydrogen-bond acceptors (Lipinski definition) is 7. The van der Waals surface area contributed by atoms with Gasteiger partial charge in [-0.3, -0.25) is 4.98 Å². The maximum absolute atomic E-state index is 14.4. The molecule has 3 aromatic rings. The number of methoxy groups -OCH3 is 2. The van der Waals surface area contributed by atoms with E-state index in [1.54, 1.807) is 12.1 Å². The molecule has 2 aromatic heterocycles. The number of benzene rings is 1. The number of fused-ring (bicyclic) bond motifs is 1. The van der Waals surface area contributed by atoms with Crippen LogP contribution < -0.4 is 14.8 Å². The summed E-state index contributed by atoms with van der Waals surface area (Å²) in [7, 11) is 4.14. The molecule has 0 saturated carbocycles. The molecule has 27 heavy (non-hydrogen) atoms. The Labute approximate surface area is 161 Å². The van der Waals surface area contributed by atoms with E-state index in [2.05, 4.69) is 31.2 Å². The second-order valence-electron chi connectivity index (χ2n) is 5.29. The van der Waals surface area contributed by atoms with E-state index in [0.717, 1.165) is 6.20 Å². The van der Waals surface area contributed by atoms with Gasteiger partial charge in [0, 0.05) is 11.5 Å². The van der Waals surface area contributed by atoms with E-state index in [-0.39, 0.29) is 27.7 Å². The zero-order valence-corrected chi connectivity index (χ0v) is 16.2. The first-order chi connectivity index (χ1) is 13.0. The van der Waals surface area contributed by atoms with Crippen molar-refractivity contribution in [3.05, 3.63) is 45.9 Å². The van der Waals surface area contributed by atoms with Crippen LogP contribution in [0, 0.1) is 10.7 Å². The minimum absolute atomic E-state index is 0.0256. The number of pyridine rings is 2. The van der Waals surface area contributed by atoms with E-state index in [1.807, 2.05) is 0 Å². The van der Waals surface area contributed by atoms with Crippen LogP contribution in [0.4, 0.5) is 21.5 Å². The number of nitrogens with one attached hydrogen (secondary N) is 1. The highest BCUT2D eigenvalue weighted by molar-refractivity contribution is 9.10. The Kier molecular flexibility index (Phi) is 5.36. The highest BCUT2D eigenvalue weighted by Crippen LogP contribution is 2.40. The standard InChI is InChI=1S/C17H15BrFN4O4/c1-25-14-5-12-9(4-10(14)18)16(13(7-21-12)23(24)27-3)22-17-11(19)6-20-8-15(17)26-2/h4-8H,1-3H3,(H,20,21,22)/q+1. The average Bonchev–Trinajstić information content (AvgIpc) is 2.68. The van der Waals surface area contributed by atoms with Gasteiger partial charge in [0.2, 0.25) is 0 Å². The number of ether oxygens (including phenoxy) is 2. The van der Waals surface area contributed by atoms with Crippen molar-refractivity contribution >= 4 is 43.9 Å².